The van der Waals surface area contributed by atoms with E-state index in [1.165, 1.54) is 12.1 Å². The summed E-state index contributed by atoms with van der Waals surface area (Å²) in [6.45, 7) is 0.876. The van der Waals surface area contributed by atoms with Gasteiger partial charge in [-0.2, -0.15) is 13.2 Å². The van der Waals surface area contributed by atoms with Gasteiger partial charge in [0.1, 0.15) is 0 Å². The Morgan fingerprint density at radius 1 is 1.14 bits per heavy atom. The van der Waals surface area contributed by atoms with Crippen molar-refractivity contribution in [1.82, 2.24) is 0 Å². The normalized spacial score (nSPS) is 14.9. The number of carboxylic acids is 1. The van der Waals surface area contributed by atoms with Crippen molar-refractivity contribution < 1.29 is 23.1 Å². The number of carbonyl (C=O) groups is 1. The third-order valence-corrected chi connectivity index (χ3v) is 3.70. The van der Waals surface area contributed by atoms with Gasteiger partial charge in [-0.15, -0.1) is 0 Å². The zero-order valence-electron chi connectivity index (χ0n) is 11.0. The van der Waals surface area contributed by atoms with Gasteiger partial charge in [-0.25, -0.2) is 0 Å². The zero-order chi connectivity index (χ0) is 15.8. The molecular formula is C15H12ClF3O2. The summed E-state index contributed by atoms with van der Waals surface area (Å²) in [6, 6.07) is 9.44. The lowest BCUT2D eigenvalue weighted by Crippen LogP contribution is -2.31. The molecule has 0 aliphatic rings. The summed E-state index contributed by atoms with van der Waals surface area (Å²) in [6.07, 6.45) is -4.58. The summed E-state index contributed by atoms with van der Waals surface area (Å²) in [7, 11) is 0. The minimum Gasteiger partial charge on any atom is -0.481 e. The molecule has 0 amide bonds. The molecule has 2 rings (SSSR count). The highest BCUT2D eigenvalue weighted by atomic mass is 35.5. The van der Waals surface area contributed by atoms with Crippen molar-refractivity contribution in [2.24, 2.45) is 5.92 Å². The third-order valence-electron chi connectivity index (χ3n) is 3.47. The average molecular weight is 317 g/mol. The number of hydrogen-bond acceptors (Lipinski definition) is 1. The molecule has 2 aromatic carbocycles. The van der Waals surface area contributed by atoms with Crippen molar-refractivity contribution >= 4 is 28.3 Å². The minimum atomic E-state index is -4.58. The first kappa shape index (κ1) is 15.6. The molecule has 0 aliphatic carbocycles. The molecule has 0 heterocycles. The Bertz CT molecular complexity index is 682. The summed E-state index contributed by atoms with van der Waals surface area (Å²) < 4.78 is 38.5. The van der Waals surface area contributed by atoms with Gasteiger partial charge in [-0.3, -0.25) is 4.79 Å². The van der Waals surface area contributed by atoms with Crippen molar-refractivity contribution in [3.8, 4) is 0 Å². The van der Waals surface area contributed by atoms with E-state index in [9.17, 15) is 18.0 Å². The first-order chi connectivity index (χ1) is 9.70. The number of rotatable bonds is 3. The molecule has 0 unspecified atom stereocenters. The summed E-state index contributed by atoms with van der Waals surface area (Å²) in [5.41, 5.74) is 0.113. The molecule has 112 valence electrons. The maximum Gasteiger partial charge on any atom is 0.392 e. The second-order valence-corrected chi connectivity index (χ2v) is 5.33. The van der Waals surface area contributed by atoms with Crippen LogP contribution in [-0.4, -0.2) is 17.3 Å². The van der Waals surface area contributed by atoms with Crippen molar-refractivity contribution in [2.45, 2.75) is 19.0 Å². The van der Waals surface area contributed by atoms with Crippen molar-refractivity contribution in [3.05, 3.63) is 47.0 Å². The topological polar surface area (TPSA) is 37.3 Å². The van der Waals surface area contributed by atoms with Crippen LogP contribution in [-0.2, 0) is 4.79 Å². The fourth-order valence-corrected chi connectivity index (χ4v) is 2.44. The maximum atomic E-state index is 12.8. The van der Waals surface area contributed by atoms with Gasteiger partial charge >= 0.3 is 12.1 Å². The molecular weight excluding hydrogens is 305 g/mol. The van der Waals surface area contributed by atoms with Crippen LogP contribution in [0.15, 0.2) is 36.4 Å². The molecule has 21 heavy (non-hydrogen) atoms. The molecule has 2 atom stereocenters. The van der Waals surface area contributed by atoms with E-state index in [0.29, 0.717) is 10.4 Å². The SMILES string of the molecule is C[C@H]([C@@H](C(=O)O)c1ccc2ccc(Cl)cc2c1)C(F)(F)F. The van der Waals surface area contributed by atoms with Crippen LogP contribution in [0.3, 0.4) is 0 Å². The van der Waals surface area contributed by atoms with Gasteiger partial charge in [0.15, 0.2) is 0 Å². The van der Waals surface area contributed by atoms with Crippen LogP contribution in [0.2, 0.25) is 5.02 Å². The Balaban J connectivity index is 2.53. The van der Waals surface area contributed by atoms with Crippen LogP contribution in [0, 0.1) is 5.92 Å². The fraction of sp³-hybridized carbons (Fsp3) is 0.267. The predicted molar refractivity (Wildman–Crippen MR) is 74.6 cm³/mol. The van der Waals surface area contributed by atoms with E-state index < -0.39 is 24.0 Å². The van der Waals surface area contributed by atoms with Crippen LogP contribution in [0.4, 0.5) is 13.2 Å². The van der Waals surface area contributed by atoms with Crippen LogP contribution in [0.1, 0.15) is 18.4 Å². The lowest BCUT2D eigenvalue weighted by Gasteiger charge is -2.23. The van der Waals surface area contributed by atoms with E-state index in [-0.39, 0.29) is 5.56 Å². The number of benzene rings is 2. The lowest BCUT2D eigenvalue weighted by molar-refractivity contribution is -0.183. The van der Waals surface area contributed by atoms with Crippen molar-refractivity contribution in [3.63, 3.8) is 0 Å². The molecule has 0 bridgehead atoms. The highest BCUT2D eigenvalue weighted by Gasteiger charge is 2.45. The number of aliphatic carboxylic acids is 1. The quantitative estimate of drug-likeness (QED) is 0.878. The molecule has 0 fully saturated rings. The molecule has 2 aromatic rings. The molecule has 0 spiro atoms. The fourth-order valence-electron chi connectivity index (χ4n) is 2.26. The molecule has 1 N–H and O–H groups in total. The van der Waals surface area contributed by atoms with Gasteiger partial charge in [-0.05, 0) is 28.5 Å². The van der Waals surface area contributed by atoms with Gasteiger partial charge in [0.05, 0.1) is 11.8 Å². The third kappa shape index (κ3) is 3.29. The van der Waals surface area contributed by atoms with Gasteiger partial charge < -0.3 is 5.11 Å². The molecule has 6 heteroatoms. The van der Waals surface area contributed by atoms with E-state index in [2.05, 4.69) is 0 Å². The number of fused-ring (bicyclic) bond motifs is 1. The molecule has 0 radical (unpaired) electrons. The summed E-state index contributed by atoms with van der Waals surface area (Å²) in [5.74, 6) is -5.12. The van der Waals surface area contributed by atoms with Gasteiger partial charge in [-0.1, -0.05) is 42.8 Å². The zero-order valence-corrected chi connectivity index (χ0v) is 11.7. The minimum absolute atomic E-state index is 0.113. The maximum absolute atomic E-state index is 12.8. The predicted octanol–water partition coefficient (Wildman–Crippen LogP) is 4.86. The second-order valence-electron chi connectivity index (χ2n) is 4.90. The van der Waals surface area contributed by atoms with E-state index >= 15 is 0 Å². The number of carboxylic acid groups (broad SMARTS) is 1. The first-order valence-corrected chi connectivity index (χ1v) is 6.56. The lowest BCUT2D eigenvalue weighted by atomic mass is 9.86. The van der Waals surface area contributed by atoms with Gasteiger partial charge in [0, 0.05) is 5.02 Å². The average Bonchev–Trinajstić information content (AvgIpc) is 2.36. The highest BCUT2D eigenvalue weighted by Crippen LogP contribution is 2.38. The molecule has 0 saturated carbocycles. The largest absolute Gasteiger partial charge is 0.481 e. The monoisotopic (exact) mass is 316 g/mol. The van der Waals surface area contributed by atoms with Crippen LogP contribution >= 0.6 is 11.6 Å². The van der Waals surface area contributed by atoms with Crippen LogP contribution in [0.5, 0.6) is 0 Å². The number of halogens is 4. The Hall–Kier alpha value is -1.75. The van der Waals surface area contributed by atoms with Crippen molar-refractivity contribution in [2.75, 3.05) is 0 Å². The van der Waals surface area contributed by atoms with E-state index in [1.54, 1.807) is 24.3 Å². The Morgan fingerprint density at radius 3 is 2.33 bits per heavy atom. The second kappa shape index (κ2) is 5.56. The van der Waals surface area contributed by atoms with Crippen LogP contribution < -0.4 is 0 Å². The van der Waals surface area contributed by atoms with Gasteiger partial charge in [0.25, 0.3) is 0 Å². The number of hydrogen-bond donors (Lipinski definition) is 1. The molecule has 0 saturated heterocycles. The van der Waals surface area contributed by atoms with Gasteiger partial charge in [0.2, 0.25) is 0 Å². The van der Waals surface area contributed by atoms with E-state index in [0.717, 1.165) is 12.3 Å². The molecule has 2 nitrogen and oxygen atoms in total. The Kier molecular flexibility index (Phi) is 4.14. The van der Waals surface area contributed by atoms with E-state index in [4.69, 9.17) is 16.7 Å². The summed E-state index contributed by atoms with van der Waals surface area (Å²) in [4.78, 5) is 11.3. The van der Waals surface area contributed by atoms with E-state index in [1.807, 2.05) is 0 Å². The Labute approximate surface area is 124 Å². The summed E-state index contributed by atoms with van der Waals surface area (Å²) >= 11 is 5.85. The number of alkyl halides is 3. The molecule has 0 aromatic heterocycles. The molecule has 0 aliphatic heterocycles. The smallest absolute Gasteiger partial charge is 0.392 e. The first-order valence-electron chi connectivity index (χ1n) is 6.19. The highest BCUT2D eigenvalue weighted by molar-refractivity contribution is 6.31. The summed E-state index contributed by atoms with van der Waals surface area (Å²) in [5, 5.41) is 11.0. The van der Waals surface area contributed by atoms with Crippen LogP contribution in [0.25, 0.3) is 10.8 Å². The van der Waals surface area contributed by atoms with Crippen molar-refractivity contribution in [1.29, 1.82) is 0 Å². The Morgan fingerprint density at radius 2 is 1.76 bits per heavy atom. The standard InChI is InChI=1S/C15H12ClF3O2/c1-8(15(17,18)19)13(14(20)21)10-3-2-9-4-5-12(16)7-11(9)6-10/h2-8,13H,1H3,(H,20,21)/t8-,13-/m1/s1.